The first kappa shape index (κ1) is 16.7. The molecule has 0 aromatic carbocycles. The van der Waals surface area contributed by atoms with E-state index in [4.69, 9.17) is 9.47 Å². The zero-order valence-electron chi connectivity index (χ0n) is 14.5. The highest BCUT2D eigenvalue weighted by Gasteiger charge is 2.15. The van der Waals surface area contributed by atoms with Crippen molar-refractivity contribution in [3.05, 3.63) is 54.5 Å². The van der Waals surface area contributed by atoms with E-state index in [1.165, 1.54) is 0 Å². The lowest BCUT2D eigenvalue weighted by Gasteiger charge is -2.13. The summed E-state index contributed by atoms with van der Waals surface area (Å²) in [5.74, 6) is 2.69. The lowest BCUT2D eigenvalue weighted by Crippen LogP contribution is -2.08. The van der Waals surface area contributed by atoms with Gasteiger partial charge in [-0.2, -0.15) is 4.98 Å². The average Bonchev–Trinajstić information content (AvgIpc) is 2.63. The Kier molecular flexibility index (Phi) is 5.09. The van der Waals surface area contributed by atoms with Gasteiger partial charge in [0.05, 0.1) is 19.3 Å². The molecule has 2 N–H and O–H groups in total. The molecular weight excluding hydrogens is 316 g/mol. The quantitative estimate of drug-likeness (QED) is 0.746. The van der Waals surface area contributed by atoms with Crippen molar-refractivity contribution >= 4 is 11.6 Å². The summed E-state index contributed by atoms with van der Waals surface area (Å²) in [4.78, 5) is 12.1. The first-order valence-corrected chi connectivity index (χ1v) is 8.10. The number of anilines is 2. The van der Waals surface area contributed by atoms with Crippen molar-refractivity contribution < 1.29 is 14.5 Å². The Morgan fingerprint density at radius 3 is 2.84 bits per heavy atom. The molecule has 0 aliphatic rings. The summed E-state index contributed by atoms with van der Waals surface area (Å²) in [6, 6.07) is 11.6. The Bertz CT molecular complexity index is 868. The second-order valence-electron chi connectivity index (χ2n) is 5.41. The van der Waals surface area contributed by atoms with Crippen LogP contribution in [0.15, 0.2) is 48.8 Å². The molecule has 0 saturated heterocycles. The van der Waals surface area contributed by atoms with Crippen LogP contribution < -0.4 is 19.8 Å². The lowest BCUT2D eigenvalue weighted by molar-refractivity contribution is -0.392. The average molecular weight is 337 g/mol. The van der Waals surface area contributed by atoms with Gasteiger partial charge in [0.2, 0.25) is 0 Å². The predicted molar refractivity (Wildman–Crippen MR) is 96.2 cm³/mol. The van der Waals surface area contributed by atoms with Crippen molar-refractivity contribution in [1.82, 2.24) is 9.97 Å². The number of aryl methyl sites for hydroxylation is 1. The second kappa shape index (κ2) is 7.61. The number of rotatable bonds is 6. The van der Waals surface area contributed by atoms with Crippen molar-refractivity contribution in [3.63, 3.8) is 0 Å². The minimum absolute atomic E-state index is 0.541. The van der Waals surface area contributed by atoms with Crippen LogP contribution in [0.5, 0.6) is 11.6 Å². The highest BCUT2D eigenvalue weighted by atomic mass is 16.5. The van der Waals surface area contributed by atoms with Crippen LogP contribution in [0.3, 0.4) is 0 Å². The number of ether oxygens (including phenoxy) is 2. The van der Waals surface area contributed by atoms with Crippen molar-refractivity contribution in [1.29, 1.82) is 0 Å². The van der Waals surface area contributed by atoms with Crippen LogP contribution in [0.4, 0.5) is 11.6 Å². The number of aromatic amines is 1. The molecule has 3 aromatic rings. The molecule has 3 heterocycles. The van der Waals surface area contributed by atoms with Crippen molar-refractivity contribution in [2.75, 3.05) is 19.0 Å². The number of aromatic nitrogens is 3. The molecular formula is C19H21N4O2+. The van der Waals surface area contributed by atoms with Crippen molar-refractivity contribution in [3.8, 4) is 22.8 Å². The van der Waals surface area contributed by atoms with Gasteiger partial charge < -0.3 is 14.8 Å². The van der Waals surface area contributed by atoms with Crippen molar-refractivity contribution in [2.45, 2.75) is 13.8 Å². The molecule has 0 bridgehead atoms. The van der Waals surface area contributed by atoms with E-state index >= 15 is 0 Å². The third-order valence-corrected chi connectivity index (χ3v) is 3.62. The molecule has 0 aliphatic heterocycles. The highest BCUT2D eigenvalue weighted by molar-refractivity contribution is 5.71. The Labute approximate surface area is 146 Å². The molecule has 128 valence electrons. The smallest absolute Gasteiger partial charge is 0.373 e. The maximum Gasteiger partial charge on any atom is 0.373 e. The van der Waals surface area contributed by atoms with Gasteiger partial charge in [0.25, 0.3) is 0 Å². The molecule has 0 amide bonds. The molecule has 3 aromatic heterocycles. The zero-order valence-corrected chi connectivity index (χ0v) is 14.5. The molecule has 0 saturated carbocycles. The van der Waals surface area contributed by atoms with Gasteiger partial charge in [-0.3, -0.25) is 0 Å². The third kappa shape index (κ3) is 3.85. The van der Waals surface area contributed by atoms with Crippen LogP contribution in [0.2, 0.25) is 0 Å². The summed E-state index contributed by atoms with van der Waals surface area (Å²) in [5, 5.41) is 3.22. The normalized spacial score (nSPS) is 10.4. The summed E-state index contributed by atoms with van der Waals surface area (Å²) in [5.41, 5.74) is 2.75. The molecule has 0 aliphatic carbocycles. The molecule has 3 rings (SSSR count). The topological polar surface area (TPSA) is 70.4 Å². The van der Waals surface area contributed by atoms with E-state index in [0.717, 1.165) is 22.6 Å². The number of nitrogens with one attached hydrogen (secondary N) is 2. The molecule has 6 heteroatoms. The fraction of sp³-hybridized carbons (Fsp3) is 0.211. The molecule has 25 heavy (non-hydrogen) atoms. The number of nitrogens with zero attached hydrogens (tertiary/aromatic N) is 2. The summed E-state index contributed by atoms with van der Waals surface area (Å²) < 4.78 is 11.2. The summed E-state index contributed by atoms with van der Waals surface area (Å²) in [6.07, 6.45) is 3.60. The first-order valence-electron chi connectivity index (χ1n) is 8.10. The standard InChI is InChI=1S/C19H20N4O2/c1-4-25-16-11-14(15-8-6-10-20-19(15)24-3)12-21-18(16)23-17-9-5-7-13(2)22-17/h5-12H,4H2,1-3H3,(H,21,22,23)/p+1. The van der Waals surface area contributed by atoms with Crippen molar-refractivity contribution in [2.24, 2.45) is 0 Å². The third-order valence-electron chi connectivity index (χ3n) is 3.62. The number of methoxy groups -OCH3 is 1. The number of H-pyrrole nitrogens is 1. The van der Waals surface area contributed by atoms with Crippen LogP contribution >= 0.6 is 0 Å². The molecule has 0 radical (unpaired) electrons. The number of hydrogen-bond donors (Lipinski definition) is 1. The second-order valence-corrected chi connectivity index (χ2v) is 5.41. The summed E-state index contributed by atoms with van der Waals surface area (Å²) in [6.45, 7) is 4.43. The van der Waals surface area contributed by atoms with Crippen LogP contribution in [0, 0.1) is 6.92 Å². The van der Waals surface area contributed by atoms with Gasteiger partial charge in [-0.15, -0.1) is 0 Å². The summed E-state index contributed by atoms with van der Waals surface area (Å²) >= 11 is 0. The predicted octanol–water partition coefficient (Wildman–Crippen LogP) is 3.42. The van der Waals surface area contributed by atoms with Crippen LogP contribution in [-0.2, 0) is 0 Å². The lowest BCUT2D eigenvalue weighted by atomic mass is 10.1. The number of pyridine rings is 3. The SMILES string of the molecule is CCOc1cc(-c2ccc[nH+]c2OC)cnc1Nc1cccc(C)n1. The van der Waals surface area contributed by atoms with E-state index in [9.17, 15) is 0 Å². The van der Waals surface area contributed by atoms with Gasteiger partial charge in [-0.25, -0.2) is 9.97 Å². The molecule has 0 fully saturated rings. The van der Waals surface area contributed by atoms with E-state index < -0.39 is 0 Å². The minimum atomic E-state index is 0.541. The van der Waals surface area contributed by atoms with E-state index in [1.807, 2.05) is 56.4 Å². The van der Waals surface area contributed by atoms with E-state index in [-0.39, 0.29) is 0 Å². The monoisotopic (exact) mass is 337 g/mol. The van der Waals surface area contributed by atoms with Gasteiger partial charge in [0.15, 0.2) is 17.8 Å². The number of hydrogen-bond acceptors (Lipinski definition) is 5. The molecule has 0 spiro atoms. The molecule has 6 nitrogen and oxygen atoms in total. The van der Waals surface area contributed by atoms with Crippen LogP contribution in [-0.4, -0.2) is 23.7 Å². The highest BCUT2D eigenvalue weighted by Crippen LogP contribution is 2.32. The fourth-order valence-corrected chi connectivity index (χ4v) is 2.50. The maximum absolute atomic E-state index is 5.77. The van der Waals surface area contributed by atoms with E-state index in [1.54, 1.807) is 13.3 Å². The first-order chi connectivity index (χ1) is 12.2. The fourth-order valence-electron chi connectivity index (χ4n) is 2.50. The van der Waals surface area contributed by atoms with Gasteiger partial charge >= 0.3 is 5.88 Å². The van der Waals surface area contributed by atoms with E-state index in [2.05, 4.69) is 20.3 Å². The minimum Gasteiger partial charge on any atom is -0.490 e. The summed E-state index contributed by atoms with van der Waals surface area (Å²) in [7, 11) is 1.63. The van der Waals surface area contributed by atoms with Gasteiger partial charge in [0.1, 0.15) is 5.82 Å². The zero-order chi connectivity index (χ0) is 17.6. The van der Waals surface area contributed by atoms with Crippen LogP contribution in [0.25, 0.3) is 11.1 Å². The molecule has 0 unspecified atom stereocenters. The van der Waals surface area contributed by atoms with E-state index in [0.29, 0.717) is 24.1 Å². The van der Waals surface area contributed by atoms with Crippen LogP contribution in [0.1, 0.15) is 12.6 Å². The Morgan fingerprint density at radius 1 is 1.20 bits per heavy atom. The Morgan fingerprint density at radius 2 is 2.08 bits per heavy atom. The largest absolute Gasteiger partial charge is 0.490 e. The maximum atomic E-state index is 5.77. The Hall–Kier alpha value is -3.15. The van der Waals surface area contributed by atoms with Gasteiger partial charge in [-0.05, 0) is 38.1 Å². The Balaban J connectivity index is 1.98. The van der Waals surface area contributed by atoms with Gasteiger partial charge in [0, 0.05) is 23.5 Å². The van der Waals surface area contributed by atoms with Gasteiger partial charge in [-0.1, -0.05) is 6.07 Å². The molecule has 0 atom stereocenters.